The number of hydrogen-bond acceptors (Lipinski definition) is 4. The highest BCUT2D eigenvalue weighted by Crippen LogP contribution is 2.25. The van der Waals surface area contributed by atoms with Gasteiger partial charge >= 0.3 is 5.88 Å². The Bertz CT molecular complexity index is 693. The van der Waals surface area contributed by atoms with Crippen molar-refractivity contribution < 1.29 is 14.2 Å². The van der Waals surface area contributed by atoms with Gasteiger partial charge in [-0.25, -0.2) is 4.98 Å². The van der Waals surface area contributed by atoms with E-state index in [1.54, 1.807) is 0 Å². The Hall–Kier alpha value is -1.57. The zero-order valence-corrected chi connectivity index (χ0v) is 17.9. The predicted molar refractivity (Wildman–Crippen MR) is 111 cm³/mol. The van der Waals surface area contributed by atoms with E-state index in [0.717, 1.165) is 23.1 Å². The van der Waals surface area contributed by atoms with Crippen molar-refractivity contribution in [3.8, 4) is 11.8 Å². The minimum absolute atomic E-state index is 0.310. The van der Waals surface area contributed by atoms with Gasteiger partial charge in [0, 0.05) is 6.42 Å². The van der Waals surface area contributed by atoms with Gasteiger partial charge in [0.1, 0.15) is 6.61 Å². The number of rotatable bonds is 10. The van der Waals surface area contributed by atoms with E-state index < -0.39 is 0 Å². The average molecular weight is 470 g/mol. The van der Waals surface area contributed by atoms with Crippen LogP contribution in [0.2, 0.25) is 0 Å². The molecule has 1 heterocycles. The van der Waals surface area contributed by atoms with Crippen LogP contribution in [0.1, 0.15) is 50.6 Å². The molecule has 0 spiro atoms. The summed E-state index contributed by atoms with van der Waals surface area (Å²) in [4.78, 5) is 4.62. The summed E-state index contributed by atoms with van der Waals surface area (Å²) in [5.41, 5.74) is 2.21. The summed E-state index contributed by atoms with van der Waals surface area (Å²) in [7, 11) is 0. The molecular formula is C20H27IN2O3. The lowest BCUT2D eigenvalue weighted by Crippen LogP contribution is -2.37. The van der Waals surface area contributed by atoms with Crippen molar-refractivity contribution in [1.29, 1.82) is 0 Å². The largest absolute Gasteiger partial charge is 0.616 e. The van der Waals surface area contributed by atoms with Gasteiger partial charge in [0.2, 0.25) is 0 Å². The molecule has 0 fully saturated rings. The number of hydrogen-bond donors (Lipinski definition) is 0. The Morgan fingerprint density at radius 3 is 2.54 bits per heavy atom. The first-order valence-electron chi connectivity index (χ1n) is 9.07. The molecule has 5 nitrogen and oxygen atoms in total. The number of nitrogens with zero attached hydrogens (tertiary/aromatic N) is 2. The Kier molecular flexibility index (Phi) is 8.41. The van der Waals surface area contributed by atoms with Gasteiger partial charge in [-0.2, -0.15) is 0 Å². The van der Waals surface area contributed by atoms with Gasteiger partial charge in [-0.3, -0.25) is 0 Å². The zero-order chi connectivity index (χ0) is 18.9. The molecule has 0 unspecified atom stereocenters. The Morgan fingerprint density at radius 1 is 1.19 bits per heavy atom. The zero-order valence-electron chi connectivity index (χ0n) is 15.7. The van der Waals surface area contributed by atoms with Crippen LogP contribution in [-0.2, 0) is 17.5 Å². The summed E-state index contributed by atoms with van der Waals surface area (Å²) in [5, 5.41) is 13.0. The number of alkyl halides is 1. The highest BCUT2D eigenvalue weighted by molar-refractivity contribution is 14.1. The van der Waals surface area contributed by atoms with E-state index >= 15 is 0 Å². The molecule has 0 radical (unpaired) electrons. The van der Waals surface area contributed by atoms with Gasteiger partial charge in [-0.1, -0.05) is 80.1 Å². The average Bonchev–Trinajstić information content (AvgIpc) is 2.64. The molecule has 0 N–H and O–H groups in total. The number of benzene rings is 1. The molecule has 2 rings (SSSR count). The fourth-order valence-electron chi connectivity index (χ4n) is 2.50. The molecule has 0 amide bonds. The van der Waals surface area contributed by atoms with Crippen LogP contribution in [0.5, 0.6) is 11.8 Å². The second-order valence-corrected chi connectivity index (χ2v) is 7.38. The number of aromatic nitrogens is 2. The third-order valence-corrected chi connectivity index (χ3v) is 4.57. The van der Waals surface area contributed by atoms with Crippen molar-refractivity contribution in [2.45, 2.75) is 51.1 Å². The second kappa shape index (κ2) is 10.5. The standard InChI is InChI=1S/C20H27IN2O3/c1-4-5-11-25-20-17(13-21)22-19(18(23(20)24)12-15(2)3)26-14-16-9-7-6-8-10-16/h6-10,15H,4-5,11-14H2,1-3H3. The summed E-state index contributed by atoms with van der Waals surface area (Å²) in [6, 6.07) is 9.89. The summed E-state index contributed by atoms with van der Waals surface area (Å²) in [5.74, 6) is 1.03. The topological polar surface area (TPSA) is 58.3 Å². The summed E-state index contributed by atoms with van der Waals surface area (Å²) in [6.07, 6.45) is 2.52. The summed E-state index contributed by atoms with van der Waals surface area (Å²) < 4.78 is 13.2. The molecule has 0 atom stereocenters. The molecule has 1 aromatic carbocycles. The maximum absolute atomic E-state index is 13.0. The first kappa shape index (κ1) is 20.7. The molecule has 0 aliphatic rings. The van der Waals surface area contributed by atoms with Crippen LogP contribution in [0.3, 0.4) is 0 Å². The highest BCUT2D eigenvalue weighted by Gasteiger charge is 2.27. The fourth-order valence-corrected chi connectivity index (χ4v) is 3.00. The minimum Gasteiger partial charge on any atom is -0.616 e. The van der Waals surface area contributed by atoms with Gasteiger partial charge < -0.3 is 14.7 Å². The van der Waals surface area contributed by atoms with E-state index in [4.69, 9.17) is 9.47 Å². The first-order valence-corrected chi connectivity index (χ1v) is 10.6. The van der Waals surface area contributed by atoms with Crippen molar-refractivity contribution in [3.05, 3.63) is 52.5 Å². The van der Waals surface area contributed by atoms with Crippen LogP contribution < -0.4 is 14.2 Å². The smallest absolute Gasteiger partial charge is 0.403 e. The first-order chi connectivity index (χ1) is 12.6. The Balaban J connectivity index is 2.33. The van der Waals surface area contributed by atoms with E-state index in [9.17, 15) is 5.21 Å². The summed E-state index contributed by atoms with van der Waals surface area (Å²) in [6.45, 7) is 7.15. The quantitative estimate of drug-likeness (QED) is 0.167. The van der Waals surface area contributed by atoms with Gasteiger partial charge in [-0.05, 0) is 17.9 Å². The third kappa shape index (κ3) is 5.72. The van der Waals surface area contributed by atoms with Gasteiger partial charge in [0.15, 0.2) is 5.69 Å². The molecule has 26 heavy (non-hydrogen) atoms. The fraction of sp³-hybridized carbons (Fsp3) is 0.500. The highest BCUT2D eigenvalue weighted by atomic mass is 127. The molecule has 142 valence electrons. The Morgan fingerprint density at radius 2 is 1.92 bits per heavy atom. The molecule has 0 saturated carbocycles. The second-order valence-electron chi connectivity index (χ2n) is 6.62. The lowest BCUT2D eigenvalue weighted by atomic mass is 10.1. The van der Waals surface area contributed by atoms with E-state index in [1.807, 2.05) is 30.3 Å². The molecule has 0 saturated heterocycles. The molecule has 6 heteroatoms. The van der Waals surface area contributed by atoms with E-state index in [1.165, 1.54) is 0 Å². The SMILES string of the molecule is CCCCOc1c(CI)nc(OCc2ccccc2)c(CC(C)C)[n+]1[O-]. The Labute approximate surface area is 169 Å². The third-order valence-electron chi connectivity index (χ3n) is 3.84. The van der Waals surface area contributed by atoms with Crippen molar-refractivity contribution in [2.24, 2.45) is 5.92 Å². The number of unbranched alkanes of at least 4 members (excludes halogenated alkanes) is 1. The van der Waals surface area contributed by atoms with E-state index in [0.29, 0.717) is 53.1 Å². The molecule has 0 bridgehead atoms. The monoisotopic (exact) mass is 470 g/mol. The number of halogens is 1. The van der Waals surface area contributed by atoms with Crippen LogP contribution >= 0.6 is 22.6 Å². The van der Waals surface area contributed by atoms with E-state index in [-0.39, 0.29) is 0 Å². The van der Waals surface area contributed by atoms with Crippen molar-refractivity contribution in [1.82, 2.24) is 4.98 Å². The van der Waals surface area contributed by atoms with Crippen LogP contribution in [0.25, 0.3) is 0 Å². The maximum Gasteiger partial charge on any atom is 0.403 e. The molecule has 0 aliphatic heterocycles. The van der Waals surface area contributed by atoms with Crippen LogP contribution in [0, 0.1) is 11.1 Å². The van der Waals surface area contributed by atoms with Gasteiger partial charge in [0.05, 0.1) is 11.0 Å². The van der Waals surface area contributed by atoms with Crippen molar-refractivity contribution >= 4 is 22.6 Å². The predicted octanol–water partition coefficient (Wildman–Crippen LogP) is 4.61. The van der Waals surface area contributed by atoms with E-state index in [2.05, 4.69) is 48.3 Å². The van der Waals surface area contributed by atoms with Crippen molar-refractivity contribution in [2.75, 3.05) is 6.61 Å². The van der Waals surface area contributed by atoms with Crippen molar-refractivity contribution in [3.63, 3.8) is 0 Å². The van der Waals surface area contributed by atoms with Crippen LogP contribution in [0.15, 0.2) is 30.3 Å². The normalized spacial score (nSPS) is 11.0. The van der Waals surface area contributed by atoms with Gasteiger partial charge in [0.25, 0.3) is 11.6 Å². The van der Waals surface area contributed by atoms with Crippen LogP contribution in [0.4, 0.5) is 0 Å². The number of ether oxygens (including phenoxy) is 2. The van der Waals surface area contributed by atoms with Gasteiger partial charge in [-0.15, -0.1) is 4.73 Å². The molecular weight excluding hydrogens is 443 g/mol. The van der Waals surface area contributed by atoms with Crippen LogP contribution in [-0.4, -0.2) is 11.6 Å². The molecule has 2 aromatic rings. The lowest BCUT2D eigenvalue weighted by molar-refractivity contribution is -0.623. The minimum atomic E-state index is 0.310. The lowest BCUT2D eigenvalue weighted by Gasteiger charge is -2.16. The maximum atomic E-state index is 13.0. The summed E-state index contributed by atoms with van der Waals surface area (Å²) >= 11 is 2.20. The molecule has 1 aromatic heterocycles. The molecule has 0 aliphatic carbocycles.